The largest absolute Gasteiger partial charge is 0.465 e. The second-order valence-electron chi connectivity index (χ2n) is 9.94. The topological polar surface area (TPSA) is 150 Å². The van der Waals surface area contributed by atoms with E-state index >= 15 is 0 Å². The second kappa shape index (κ2) is 11.6. The fourth-order valence-electron chi connectivity index (χ4n) is 4.69. The molecule has 3 N–H and O–H groups in total. The Morgan fingerprint density at radius 1 is 1.07 bits per heavy atom. The third kappa shape index (κ3) is 6.15. The molecule has 1 aliphatic rings. The summed E-state index contributed by atoms with van der Waals surface area (Å²) in [6, 6.07) is 14.3. The van der Waals surface area contributed by atoms with Crippen LogP contribution in [0.25, 0.3) is 22.0 Å². The number of hydrogen-bond acceptors (Lipinski definition) is 8. The van der Waals surface area contributed by atoms with Crippen LogP contribution in [0.5, 0.6) is 11.6 Å². The number of likely N-dealkylation sites (tertiary alicyclic amines) is 1. The van der Waals surface area contributed by atoms with E-state index < -0.39 is 16.3 Å². The predicted octanol–water partition coefficient (Wildman–Crippen LogP) is 4.57. The van der Waals surface area contributed by atoms with Gasteiger partial charge in [0.05, 0.1) is 16.9 Å². The van der Waals surface area contributed by atoms with Crippen molar-refractivity contribution in [3.05, 3.63) is 66.5 Å². The first-order chi connectivity index (χ1) is 19.6. The standard InChI is InChI=1S/C28H31N7O5S/c1-18-11-12-20-21(8-4-10-24(20)33-41(38,39)34(2)3)25(18)40-26-22(9-5-14-29-26)23-13-15-30-27(32-23)31-19-7-6-16-35(17-19)28(36)37/h4-5,8-15,19,33H,6-7,16-17H2,1-3H3,(H,36,37)(H,30,31,32). The van der Waals surface area contributed by atoms with E-state index in [1.165, 1.54) is 19.0 Å². The van der Waals surface area contributed by atoms with E-state index in [9.17, 15) is 18.3 Å². The molecular weight excluding hydrogens is 546 g/mol. The van der Waals surface area contributed by atoms with Crippen LogP contribution >= 0.6 is 0 Å². The zero-order valence-electron chi connectivity index (χ0n) is 22.9. The first-order valence-electron chi connectivity index (χ1n) is 13.1. The normalized spacial score (nSPS) is 15.6. The Hall–Kier alpha value is -4.49. The van der Waals surface area contributed by atoms with Crippen LogP contribution in [0.4, 0.5) is 16.4 Å². The summed E-state index contributed by atoms with van der Waals surface area (Å²) in [6.45, 7) is 2.78. The number of aryl methyl sites for hydroxylation is 1. The molecule has 0 bridgehead atoms. The summed E-state index contributed by atoms with van der Waals surface area (Å²) in [4.78, 5) is 26.3. The van der Waals surface area contributed by atoms with Gasteiger partial charge >= 0.3 is 16.3 Å². The summed E-state index contributed by atoms with van der Waals surface area (Å²) >= 11 is 0. The van der Waals surface area contributed by atoms with E-state index in [0.29, 0.717) is 58.4 Å². The molecule has 0 radical (unpaired) electrons. The molecule has 1 saturated heterocycles. The van der Waals surface area contributed by atoms with Crippen molar-refractivity contribution >= 4 is 38.7 Å². The number of carboxylic acid groups (broad SMARTS) is 1. The van der Waals surface area contributed by atoms with E-state index in [1.54, 1.807) is 36.7 Å². The lowest BCUT2D eigenvalue weighted by Crippen LogP contribution is -2.44. The average molecular weight is 578 g/mol. The van der Waals surface area contributed by atoms with Crippen LogP contribution in [-0.4, -0.2) is 77.0 Å². The highest BCUT2D eigenvalue weighted by molar-refractivity contribution is 7.90. The van der Waals surface area contributed by atoms with Crippen LogP contribution in [-0.2, 0) is 10.2 Å². The second-order valence-corrected chi connectivity index (χ2v) is 11.8. The number of amides is 1. The van der Waals surface area contributed by atoms with Gasteiger partial charge in [0.1, 0.15) is 5.75 Å². The van der Waals surface area contributed by atoms with E-state index in [4.69, 9.17) is 4.74 Å². The molecule has 5 rings (SSSR count). The van der Waals surface area contributed by atoms with Crippen molar-refractivity contribution in [1.29, 1.82) is 0 Å². The maximum atomic E-state index is 12.5. The molecule has 2 aromatic carbocycles. The van der Waals surface area contributed by atoms with Gasteiger partial charge in [-0.25, -0.2) is 19.7 Å². The average Bonchev–Trinajstić information content (AvgIpc) is 2.95. The first kappa shape index (κ1) is 28.1. The highest BCUT2D eigenvalue weighted by atomic mass is 32.2. The van der Waals surface area contributed by atoms with Crippen molar-refractivity contribution in [2.45, 2.75) is 25.8 Å². The number of anilines is 2. The Balaban J connectivity index is 1.46. The number of rotatable bonds is 8. The highest BCUT2D eigenvalue weighted by Gasteiger charge is 2.24. The Kier molecular flexibility index (Phi) is 7.90. The first-order valence-corrected chi connectivity index (χ1v) is 14.5. The quantitative estimate of drug-likeness (QED) is 0.274. The fraction of sp³-hybridized carbons (Fsp3) is 0.286. The van der Waals surface area contributed by atoms with E-state index in [2.05, 4.69) is 25.0 Å². The molecule has 0 aliphatic carbocycles. The molecular formula is C28H31N7O5S. The summed E-state index contributed by atoms with van der Waals surface area (Å²) in [6.07, 6.45) is 3.89. The smallest absolute Gasteiger partial charge is 0.407 e. The number of aromatic nitrogens is 3. The van der Waals surface area contributed by atoms with Gasteiger partial charge in [0.2, 0.25) is 11.8 Å². The minimum absolute atomic E-state index is 0.0998. The van der Waals surface area contributed by atoms with Gasteiger partial charge in [0, 0.05) is 56.4 Å². The third-order valence-corrected chi connectivity index (χ3v) is 8.29. The van der Waals surface area contributed by atoms with Crippen LogP contribution in [0.2, 0.25) is 0 Å². The van der Waals surface area contributed by atoms with Gasteiger partial charge in [0.15, 0.2) is 0 Å². The van der Waals surface area contributed by atoms with Crippen LogP contribution in [0.1, 0.15) is 18.4 Å². The van der Waals surface area contributed by atoms with Gasteiger partial charge in [-0.2, -0.15) is 12.7 Å². The monoisotopic (exact) mass is 577 g/mol. The number of ether oxygens (including phenoxy) is 1. The fourth-order valence-corrected chi connectivity index (χ4v) is 5.33. The molecule has 0 spiro atoms. The SMILES string of the molecule is Cc1ccc2c(NS(=O)(=O)N(C)C)cccc2c1Oc1ncccc1-c1ccnc(NC2CCCN(C(=O)O)C2)n1. The molecule has 3 heterocycles. The van der Waals surface area contributed by atoms with Gasteiger partial charge in [-0.1, -0.05) is 24.3 Å². The molecule has 1 amide bonds. The van der Waals surface area contributed by atoms with Gasteiger partial charge in [-0.3, -0.25) is 4.72 Å². The predicted molar refractivity (Wildman–Crippen MR) is 156 cm³/mol. The van der Waals surface area contributed by atoms with Crippen molar-refractivity contribution in [3.63, 3.8) is 0 Å². The van der Waals surface area contributed by atoms with Crippen molar-refractivity contribution < 1.29 is 23.1 Å². The van der Waals surface area contributed by atoms with Crippen molar-refractivity contribution in [2.75, 3.05) is 37.2 Å². The number of nitrogens with zero attached hydrogens (tertiary/aromatic N) is 5. The van der Waals surface area contributed by atoms with E-state index in [1.807, 2.05) is 31.2 Å². The maximum absolute atomic E-state index is 12.5. The molecule has 1 atom stereocenters. The molecule has 13 heteroatoms. The van der Waals surface area contributed by atoms with Gasteiger partial charge in [-0.05, 0) is 49.6 Å². The molecule has 41 heavy (non-hydrogen) atoms. The Morgan fingerprint density at radius 3 is 2.68 bits per heavy atom. The molecule has 12 nitrogen and oxygen atoms in total. The van der Waals surface area contributed by atoms with E-state index in [0.717, 1.165) is 22.7 Å². The van der Waals surface area contributed by atoms with E-state index in [-0.39, 0.29) is 6.04 Å². The van der Waals surface area contributed by atoms with Crippen LogP contribution in [0.15, 0.2) is 60.9 Å². The lowest BCUT2D eigenvalue weighted by Gasteiger charge is -2.31. The molecule has 1 aliphatic heterocycles. The number of nitrogens with one attached hydrogen (secondary N) is 2. The van der Waals surface area contributed by atoms with Gasteiger partial charge in [0.25, 0.3) is 0 Å². The number of pyridine rings is 1. The minimum atomic E-state index is -3.71. The summed E-state index contributed by atoms with van der Waals surface area (Å²) in [7, 11) is -0.789. The summed E-state index contributed by atoms with van der Waals surface area (Å²) in [5.41, 5.74) is 2.48. The Bertz CT molecular complexity index is 1700. The number of hydrogen-bond donors (Lipinski definition) is 3. The van der Waals surface area contributed by atoms with Crippen molar-refractivity contribution in [1.82, 2.24) is 24.2 Å². The summed E-state index contributed by atoms with van der Waals surface area (Å²) in [5.74, 6) is 1.24. The minimum Gasteiger partial charge on any atom is -0.465 e. The van der Waals surface area contributed by atoms with Crippen molar-refractivity contribution in [2.24, 2.45) is 0 Å². The Labute approximate surface area is 238 Å². The molecule has 1 fully saturated rings. The molecule has 2 aromatic heterocycles. The lowest BCUT2D eigenvalue weighted by molar-refractivity contribution is 0.132. The summed E-state index contributed by atoms with van der Waals surface area (Å²) in [5, 5.41) is 14.0. The number of benzene rings is 2. The number of piperidine rings is 1. The van der Waals surface area contributed by atoms with Crippen LogP contribution < -0.4 is 14.8 Å². The molecule has 0 saturated carbocycles. The maximum Gasteiger partial charge on any atom is 0.407 e. The highest BCUT2D eigenvalue weighted by Crippen LogP contribution is 2.38. The van der Waals surface area contributed by atoms with Gasteiger partial charge < -0.3 is 20.1 Å². The van der Waals surface area contributed by atoms with Gasteiger partial charge in [-0.15, -0.1) is 0 Å². The Morgan fingerprint density at radius 2 is 1.90 bits per heavy atom. The molecule has 4 aromatic rings. The lowest BCUT2D eigenvalue weighted by atomic mass is 10.0. The van der Waals surface area contributed by atoms with Crippen molar-refractivity contribution in [3.8, 4) is 22.9 Å². The van der Waals surface area contributed by atoms with Crippen LogP contribution in [0.3, 0.4) is 0 Å². The number of fused-ring (bicyclic) bond motifs is 1. The zero-order chi connectivity index (χ0) is 29.1. The number of carbonyl (C=O) groups is 1. The molecule has 1 unspecified atom stereocenters. The zero-order valence-corrected chi connectivity index (χ0v) is 23.7. The molecule has 214 valence electrons. The third-order valence-electron chi connectivity index (χ3n) is 6.86. The van der Waals surface area contributed by atoms with Crippen LogP contribution in [0, 0.1) is 6.92 Å². The summed E-state index contributed by atoms with van der Waals surface area (Å²) < 4.78 is 35.2.